The molecule has 6 heteroatoms. The average molecular weight is 301 g/mol. The number of hydrogen-bond acceptors (Lipinski definition) is 4. The minimum absolute atomic E-state index is 0.196. The van der Waals surface area contributed by atoms with Crippen molar-refractivity contribution < 1.29 is 9.59 Å². The molecular formula is C15H15N3O2S. The summed E-state index contributed by atoms with van der Waals surface area (Å²) in [7, 11) is 0. The molecule has 1 heterocycles. The van der Waals surface area contributed by atoms with Gasteiger partial charge in [0.05, 0.1) is 11.6 Å². The molecule has 0 bridgehead atoms. The first-order chi connectivity index (χ1) is 10.0. The minimum atomic E-state index is -0.351. The van der Waals surface area contributed by atoms with Gasteiger partial charge in [0.1, 0.15) is 0 Å². The minimum Gasteiger partial charge on any atom is -0.369 e. The summed E-state index contributed by atoms with van der Waals surface area (Å²) in [6, 6.07) is 7.33. The zero-order valence-electron chi connectivity index (χ0n) is 11.6. The van der Waals surface area contributed by atoms with Crippen molar-refractivity contribution in [3.8, 4) is 0 Å². The van der Waals surface area contributed by atoms with E-state index in [4.69, 9.17) is 5.73 Å². The van der Waals surface area contributed by atoms with E-state index in [1.165, 1.54) is 11.3 Å². The Morgan fingerprint density at radius 1 is 1.33 bits per heavy atom. The first kappa shape index (κ1) is 13.8. The topological polar surface area (TPSA) is 85.1 Å². The molecule has 1 aliphatic carbocycles. The molecule has 1 atom stereocenters. The van der Waals surface area contributed by atoms with Crippen molar-refractivity contribution in [2.75, 3.05) is 5.32 Å². The van der Waals surface area contributed by atoms with Gasteiger partial charge in [-0.2, -0.15) is 0 Å². The van der Waals surface area contributed by atoms with E-state index in [9.17, 15) is 9.59 Å². The number of carbonyl (C=O) groups is 2. The number of thiazole rings is 1. The predicted octanol–water partition coefficient (Wildman–Crippen LogP) is 2.22. The first-order valence-electron chi connectivity index (χ1n) is 6.71. The van der Waals surface area contributed by atoms with Crippen LogP contribution in [-0.4, -0.2) is 16.8 Å². The smallest absolute Gasteiger partial charge is 0.257 e. The van der Waals surface area contributed by atoms with Gasteiger partial charge >= 0.3 is 0 Å². The van der Waals surface area contributed by atoms with Crippen LogP contribution in [0.15, 0.2) is 24.3 Å². The SMILES string of the molecule is Cc1ccc(C(=O)Nc2nc3c(s2)CCC3C(N)=O)cc1. The number of aromatic nitrogens is 1. The Bertz CT molecular complexity index is 706. The highest BCUT2D eigenvalue weighted by Gasteiger charge is 2.31. The molecule has 0 aliphatic heterocycles. The van der Waals surface area contributed by atoms with Crippen LogP contribution < -0.4 is 11.1 Å². The second-order valence-corrected chi connectivity index (χ2v) is 6.22. The fourth-order valence-corrected chi connectivity index (χ4v) is 3.47. The number of carbonyl (C=O) groups excluding carboxylic acids is 2. The van der Waals surface area contributed by atoms with Crippen LogP contribution >= 0.6 is 11.3 Å². The number of hydrogen-bond donors (Lipinski definition) is 2. The fourth-order valence-electron chi connectivity index (χ4n) is 2.43. The van der Waals surface area contributed by atoms with E-state index in [-0.39, 0.29) is 17.7 Å². The van der Waals surface area contributed by atoms with E-state index in [0.717, 1.165) is 29.0 Å². The summed E-state index contributed by atoms with van der Waals surface area (Å²) in [4.78, 5) is 28.9. The molecule has 3 rings (SSSR count). The number of nitrogens with zero attached hydrogens (tertiary/aromatic N) is 1. The largest absolute Gasteiger partial charge is 0.369 e. The Morgan fingerprint density at radius 2 is 2.05 bits per heavy atom. The lowest BCUT2D eigenvalue weighted by Crippen LogP contribution is -2.20. The normalized spacial score (nSPS) is 16.5. The highest BCUT2D eigenvalue weighted by molar-refractivity contribution is 7.16. The zero-order valence-corrected chi connectivity index (χ0v) is 12.4. The van der Waals surface area contributed by atoms with Crippen LogP contribution in [0, 0.1) is 6.92 Å². The summed E-state index contributed by atoms with van der Waals surface area (Å²) in [5.74, 6) is -0.866. The van der Waals surface area contributed by atoms with Crippen molar-refractivity contribution in [3.63, 3.8) is 0 Å². The number of benzene rings is 1. The van der Waals surface area contributed by atoms with Gasteiger partial charge in [-0.1, -0.05) is 17.7 Å². The van der Waals surface area contributed by atoms with Gasteiger partial charge in [-0.05, 0) is 31.9 Å². The fraction of sp³-hybridized carbons (Fsp3) is 0.267. The number of primary amides is 1. The predicted molar refractivity (Wildman–Crippen MR) is 81.5 cm³/mol. The number of aryl methyl sites for hydroxylation is 2. The molecule has 21 heavy (non-hydrogen) atoms. The Balaban J connectivity index is 1.77. The van der Waals surface area contributed by atoms with Crippen LogP contribution in [0.25, 0.3) is 0 Å². The first-order valence-corrected chi connectivity index (χ1v) is 7.53. The molecule has 5 nitrogen and oxygen atoms in total. The Morgan fingerprint density at radius 3 is 2.71 bits per heavy atom. The van der Waals surface area contributed by atoms with Gasteiger partial charge < -0.3 is 5.73 Å². The summed E-state index contributed by atoms with van der Waals surface area (Å²) in [6.45, 7) is 1.97. The zero-order chi connectivity index (χ0) is 15.0. The third-order valence-corrected chi connectivity index (χ3v) is 4.64. The number of anilines is 1. The lowest BCUT2D eigenvalue weighted by Gasteiger charge is -2.04. The van der Waals surface area contributed by atoms with Crippen LogP contribution in [-0.2, 0) is 11.2 Å². The quantitative estimate of drug-likeness (QED) is 0.911. The molecule has 1 aliphatic rings. The molecule has 2 amide bonds. The van der Waals surface area contributed by atoms with E-state index < -0.39 is 0 Å². The second kappa shape index (κ2) is 5.29. The van der Waals surface area contributed by atoms with Gasteiger partial charge in [0.25, 0.3) is 5.91 Å². The van der Waals surface area contributed by atoms with Crippen LogP contribution in [0.1, 0.15) is 38.8 Å². The molecule has 2 aromatic rings. The van der Waals surface area contributed by atoms with E-state index in [1.807, 2.05) is 19.1 Å². The molecule has 0 fully saturated rings. The molecule has 0 spiro atoms. The molecule has 1 aromatic carbocycles. The van der Waals surface area contributed by atoms with Gasteiger partial charge in [-0.25, -0.2) is 4.98 Å². The van der Waals surface area contributed by atoms with Gasteiger partial charge in [0.15, 0.2) is 5.13 Å². The standard InChI is InChI=1S/C15H15N3O2S/c1-8-2-4-9(5-3-8)14(20)18-15-17-12-10(13(16)19)6-7-11(12)21-15/h2-5,10H,6-7H2,1H3,(H2,16,19)(H,17,18,20). The number of nitrogens with two attached hydrogens (primary N) is 1. The molecule has 1 unspecified atom stereocenters. The van der Waals surface area contributed by atoms with Crippen LogP contribution in [0.3, 0.4) is 0 Å². The summed E-state index contributed by atoms with van der Waals surface area (Å²) in [5.41, 5.74) is 7.78. The van der Waals surface area contributed by atoms with Crippen molar-refractivity contribution in [2.45, 2.75) is 25.7 Å². The summed E-state index contributed by atoms with van der Waals surface area (Å²) >= 11 is 1.42. The van der Waals surface area contributed by atoms with Crippen LogP contribution in [0.4, 0.5) is 5.13 Å². The molecular weight excluding hydrogens is 286 g/mol. The molecule has 3 N–H and O–H groups in total. The van der Waals surface area contributed by atoms with Gasteiger partial charge in [0.2, 0.25) is 5.91 Å². The lowest BCUT2D eigenvalue weighted by molar-refractivity contribution is -0.119. The van der Waals surface area contributed by atoms with E-state index in [2.05, 4.69) is 10.3 Å². The maximum atomic E-state index is 12.1. The van der Waals surface area contributed by atoms with Gasteiger partial charge in [-0.15, -0.1) is 11.3 Å². The Hall–Kier alpha value is -2.21. The highest BCUT2D eigenvalue weighted by atomic mass is 32.1. The van der Waals surface area contributed by atoms with Gasteiger partial charge in [-0.3, -0.25) is 14.9 Å². The number of nitrogens with one attached hydrogen (secondary N) is 1. The lowest BCUT2D eigenvalue weighted by atomic mass is 10.1. The van der Waals surface area contributed by atoms with E-state index in [0.29, 0.717) is 10.7 Å². The summed E-state index contributed by atoms with van der Waals surface area (Å²) < 4.78 is 0. The summed E-state index contributed by atoms with van der Waals surface area (Å²) in [5, 5.41) is 3.31. The van der Waals surface area contributed by atoms with Gasteiger partial charge in [0, 0.05) is 10.4 Å². The molecule has 0 saturated heterocycles. The molecule has 1 aromatic heterocycles. The van der Waals surface area contributed by atoms with Crippen LogP contribution in [0.2, 0.25) is 0 Å². The molecule has 0 saturated carbocycles. The van der Waals surface area contributed by atoms with Crippen molar-refractivity contribution in [2.24, 2.45) is 5.73 Å². The number of fused-ring (bicyclic) bond motifs is 1. The third-order valence-electron chi connectivity index (χ3n) is 3.60. The van der Waals surface area contributed by atoms with Crippen LogP contribution in [0.5, 0.6) is 0 Å². The van der Waals surface area contributed by atoms with Crippen molar-refractivity contribution in [1.29, 1.82) is 0 Å². The van der Waals surface area contributed by atoms with E-state index in [1.54, 1.807) is 12.1 Å². The maximum absolute atomic E-state index is 12.1. The summed E-state index contributed by atoms with van der Waals surface area (Å²) in [6.07, 6.45) is 1.51. The monoisotopic (exact) mass is 301 g/mol. The van der Waals surface area contributed by atoms with E-state index >= 15 is 0 Å². The average Bonchev–Trinajstić information content (AvgIpc) is 2.98. The molecule has 0 radical (unpaired) electrons. The highest BCUT2D eigenvalue weighted by Crippen LogP contribution is 2.38. The Kier molecular flexibility index (Phi) is 3.47. The number of rotatable bonds is 3. The Labute approximate surface area is 126 Å². The van der Waals surface area contributed by atoms with Crippen molar-refractivity contribution in [3.05, 3.63) is 46.0 Å². The maximum Gasteiger partial charge on any atom is 0.257 e. The van der Waals surface area contributed by atoms with Crippen molar-refractivity contribution >= 4 is 28.3 Å². The van der Waals surface area contributed by atoms with Crippen molar-refractivity contribution in [1.82, 2.24) is 4.98 Å². The molecule has 108 valence electrons. The third kappa shape index (κ3) is 2.67. The second-order valence-electron chi connectivity index (χ2n) is 5.14. The number of amides is 2.